The second kappa shape index (κ2) is 7.01. The summed E-state index contributed by atoms with van der Waals surface area (Å²) in [6.07, 6.45) is 0.957. The predicted molar refractivity (Wildman–Crippen MR) is 69.6 cm³/mol. The number of aliphatic carboxylic acids is 1. The minimum Gasteiger partial charge on any atom is -0.481 e. The van der Waals surface area contributed by atoms with Gasteiger partial charge in [-0.1, -0.05) is 30.7 Å². The lowest BCUT2D eigenvalue weighted by Crippen LogP contribution is -2.31. The van der Waals surface area contributed by atoms with Gasteiger partial charge in [0.2, 0.25) is 5.91 Å². The summed E-state index contributed by atoms with van der Waals surface area (Å²) in [4.78, 5) is 22.0. The molecule has 4 nitrogen and oxygen atoms in total. The van der Waals surface area contributed by atoms with Crippen LogP contribution in [0.3, 0.4) is 0 Å². The Morgan fingerprint density at radius 2 is 1.94 bits per heavy atom. The minimum atomic E-state index is -0.909. The van der Waals surface area contributed by atoms with Crippen molar-refractivity contribution in [3.05, 3.63) is 34.9 Å². The van der Waals surface area contributed by atoms with Gasteiger partial charge in [-0.2, -0.15) is 0 Å². The van der Waals surface area contributed by atoms with E-state index in [2.05, 4.69) is 5.32 Å². The highest BCUT2D eigenvalue weighted by Gasteiger charge is 2.11. The number of carbonyl (C=O) groups is 2. The molecular weight excluding hydrogens is 254 g/mol. The third-order valence-electron chi connectivity index (χ3n) is 2.58. The molecule has 0 saturated carbocycles. The zero-order valence-electron chi connectivity index (χ0n) is 10.1. The second-order valence-electron chi connectivity index (χ2n) is 4.17. The van der Waals surface area contributed by atoms with Crippen molar-refractivity contribution < 1.29 is 14.7 Å². The quantitative estimate of drug-likeness (QED) is 0.831. The molecule has 0 aromatic heterocycles. The van der Waals surface area contributed by atoms with E-state index in [9.17, 15) is 9.59 Å². The van der Waals surface area contributed by atoms with Crippen molar-refractivity contribution in [1.29, 1.82) is 0 Å². The van der Waals surface area contributed by atoms with Crippen molar-refractivity contribution in [3.63, 3.8) is 0 Å². The Kier molecular flexibility index (Phi) is 5.65. The normalized spacial score (nSPS) is 11.9. The van der Waals surface area contributed by atoms with Crippen LogP contribution in [-0.2, 0) is 16.0 Å². The maximum absolute atomic E-state index is 11.5. The number of carboxylic acids is 1. The monoisotopic (exact) mass is 269 g/mol. The van der Waals surface area contributed by atoms with Gasteiger partial charge in [-0.15, -0.1) is 0 Å². The fourth-order valence-corrected chi connectivity index (χ4v) is 1.48. The zero-order chi connectivity index (χ0) is 13.5. The summed E-state index contributed by atoms with van der Waals surface area (Å²) in [6.45, 7) is 1.72. The van der Waals surface area contributed by atoms with Crippen LogP contribution in [0.5, 0.6) is 0 Å². The first-order chi connectivity index (χ1) is 8.49. The van der Waals surface area contributed by atoms with Gasteiger partial charge < -0.3 is 10.4 Å². The highest BCUT2D eigenvalue weighted by Crippen LogP contribution is 2.10. The van der Waals surface area contributed by atoms with E-state index in [1.165, 1.54) is 0 Å². The van der Waals surface area contributed by atoms with E-state index >= 15 is 0 Å². The lowest BCUT2D eigenvalue weighted by Gasteiger charge is -2.08. The van der Waals surface area contributed by atoms with Gasteiger partial charge >= 0.3 is 5.97 Å². The van der Waals surface area contributed by atoms with Crippen molar-refractivity contribution >= 4 is 23.5 Å². The number of hydrogen-bond donors (Lipinski definition) is 2. The molecule has 18 heavy (non-hydrogen) atoms. The number of nitrogens with one attached hydrogen (secondary N) is 1. The third kappa shape index (κ3) is 5.19. The summed E-state index contributed by atoms with van der Waals surface area (Å²) in [5, 5.41) is 11.9. The molecule has 0 bridgehead atoms. The Labute approximate surface area is 111 Å². The molecule has 0 aliphatic heterocycles. The van der Waals surface area contributed by atoms with Crippen LogP contribution in [0, 0.1) is 5.92 Å². The van der Waals surface area contributed by atoms with Gasteiger partial charge in [0.15, 0.2) is 0 Å². The summed E-state index contributed by atoms with van der Waals surface area (Å²) in [7, 11) is 0. The van der Waals surface area contributed by atoms with E-state index in [0.29, 0.717) is 17.9 Å². The highest BCUT2D eigenvalue weighted by molar-refractivity contribution is 6.30. The average Bonchev–Trinajstić information content (AvgIpc) is 2.35. The van der Waals surface area contributed by atoms with Crippen molar-refractivity contribution in [2.45, 2.75) is 19.8 Å². The van der Waals surface area contributed by atoms with Crippen LogP contribution >= 0.6 is 11.6 Å². The summed E-state index contributed by atoms with van der Waals surface area (Å²) >= 11 is 5.75. The smallest absolute Gasteiger partial charge is 0.308 e. The molecule has 0 aliphatic carbocycles. The van der Waals surface area contributed by atoms with E-state index in [0.717, 1.165) is 5.56 Å². The fraction of sp³-hybridized carbons (Fsp3) is 0.385. The number of carbonyl (C=O) groups excluding carboxylic acids is 1. The largest absolute Gasteiger partial charge is 0.481 e. The second-order valence-corrected chi connectivity index (χ2v) is 4.61. The van der Waals surface area contributed by atoms with Crippen molar-refractivity contribution in [2.75, 3.05) is 6.54 Å². The molecular formula is C13H16ClNO3. The van der Waals surface area contributed by atoms with Crippen LogP contribution in [0.25, 0.3) is 0 Å². The molecule has 0 saturated heterocycles. The van der Waals surface area contributed by atoms with Crippen molar-refractivity contribution in [2.24, 2.45) is 5.92 Å². The number of carboxylic acid groups (broad SMARTS) is 1. The molecule has 0 heterocycles. The fourth-order valence-electron chi connectivity index (χ4n) is 1.35. The van der Waals surface area contributed by atoms with Crippen LogP contribution in [0.15, 0.2) is 24.3 Å². The summed E-state index contributed by atoms with van der Waals surface area (Å²) in [6, 6.07) is 7.30. The first-order valence-corrected chi connectivity index (χ1v) is 6.11. The van der Waals surface area contributed by atoms with E-state index in [1.807, 2.05) is 12.1 Å². The van der Waals surface area contributed by atoms with Crippen LogP contribution in [-0.4, -0.2) is 23.5 Å². The maximum Gasteiger partial charge on any atom is 0.308 e. The summed E-state index contributed by atoms with van der Waals surface area (Å²) < 4.78 is 0. The maximum atomic E-state index is 11.5. The van der Waals surface area contributed by atoms with Crippen LogP contribution in [0.2, 0.25) is 5.02 Å². The van der Waals surface area contributed by atoms with E-state index in [4.69, 9.17) is 16.7 Å². The van der Waals surface area contributed by atoms with Gasteiger partial charge in [0.05, 0.1) is 5.92 Å². The summed E-state index contributed by atoms with van der Waals surface area (Å²) in [5.74, 6) is -1.62. The van der Waals surface area contributed by atoms with Crippen molar-refractivity contribution in [3.8, 4) is 0 Å². The third-order valence-corrected chi connectivity index (χ3v) is 2.83. The lowest BCUT2D eigenvalue weighted by atomic mass is 10.1. The van der Waals surface area contributed by atoms with E-state index in [1.54, 1.807) is 19.1 Å². The van der Waals surface area contributed by atoms with Gasteiger partial charge in [-0.3, -0.25) is 9.59 Å². The van der Waals surface area contributed by atoms with Gasteiger partial charge in [-0.25, -0.2) is 0 Å². The predicted octanol–water partition coefficient (Wildman–Crippen LogP) is 2.11. The molecule has 1 rings (SSSR count). The standard InChI is InChI=1S/C13H16ClNO3/c1-9(13(17)18)8-15-12(16)7-4-10-2-5-11(14)6-3-10/h2-3,5-6,9H,4,7-8H2,1H3,(H,15,16)(H,17,18)/t9-/m1/s1. The molecule has 1 aromatic rings. The molecule has 0 radical (unpaired) electrons. The van der Waals surface area contributed by atoms with Crippen LogP contribution in [0.1, 0.15) is 18.9 Å². The minimum absolute atomic E-state index is 0.141. The average molecular weight is 270 g/mol. The Hall–Kier alpha value is -1.55. The van der Waals surface area contributed by atoms with Crippen LogP contribution in [0.4, 0.5) is 0 Å². The Balaban J connectivity index is 2.29. The number of hydrogen-bond acceptors (Lipinski definition) is 2. The SMILES string of the molecule is C[C@H](CNC(=O)CCc1ccc(Cl)cc1)C(=O)O. The highest BCUT2D eigenvalue weighted by atomic mass is 35.5. The number of amides is 1. The number of rotatable bonds is 6. The first-order valence-electron chi connectivity index (χ1n) is 5.73. The van der Waals surface area contributed by atoms with Crippen molar-refractivity contribution in [1.82, 2.24) is 5.32 Å². The molecule has 0 fully saturated rings. The van der Waals surface area contributed by atoms with Gasteiger partial charge in [0.1, 0.15) is 0 Å². The molecule has 1 amide bonds. The first kappa shape index (κ1) is 14.5. The Bertz CT molecular complexity index is 417. The number of halogens is 1. The molecule has 0 unspecified atom stereocenters. The van der Waals surface area contributed by atoms with Gasteiger partial charge in [-0.05, 0) is 24.1 Å². The lowest BCUT2D eigenvalue weighted by molar-refractivity contribution is -0.141. The zero-order valence-corrected chi connectivity index (χ0v) is 10.9. The van der Waals surface area contributed by atoms with Gasteiger partial charge in [0.25, 0.3) is 0 Å². The molecule has 0 aliphatic rings. The van der Waals surface area contributed by atoms with Gasteiger partial charge in [0, 0.05) is 18.0 Å². The molecule has 2 N–H and O–H groups in total. The Morgan fingerprint density at radius 1 is 1.33 bits per heavy atom. The molecule has 0 spiro atoms. The summed E-state index contributed by atoms with van der Waals surface area (Å²) in [5.41, 5.74) is 1.03. The molecule has 1 atom stereocenters. The van der Waals surface area contributed by atoms with E-state index < -0.39 is 11.9 Å². The number of benzene rings is 1. The molecule has 1 aromatic carbocycles. The Morgan fingerprint density at radius 3 is 2.50 bits per heavy atom. The number of aryl methyl sites for hydroxylation is 1. The topological polar surface area (TPSA) is 66.4 Å². The molecule has 5 heteroatoms. The van der Waals surface area contributed by atoms with Crippen LogP contribution < -0.4 is 5.32 Å². The molecule has 98 valence electrons. The van der Waals surface area contributed by atoms with E-state index in [-0.39, 0.29) is 12.5 Å².